The number of ether oxygens (including phenoxy) is 4. The Morgan fingerprint density at radius 1 is 1.09 bits per heavy atom. The Labute approximate surface area is 180 Å². The molecule has 2 fully saturated rings. The quantitative estimate of drug-likeness (QED) is 0.178. The lowest BCUT2D eigenvalue weighted by atomic mass is 9.99. The molecule has 14 heteroatoms. The Bertz CT molecular complexity index is 832. The molecule has 0 amide bonds. The number of phenolic OH excluding ortho intramolecular Hbond substituents is 2. The lowest BCUT2D eigenvalue weighted by molar-refractivity contribution is -0.289. The zero-order chi connectivity index (χ0) is 23.8. The molecule has 32 heavy (non-hydrogen) atoms. The first-order valence-electron chi connectivity index (χ1n) is 9.38. The van der Waals surface area contributed by atoms with Gasteiger partial charge in [0, 0.05) is 0 Å². The number of aromatic carboxylic acids is 1. The van der Waals surface area contributed by atoms with Crippen LogP contribution in [0, 0.1) is 0 Å². The minimum absolute atomic E-state index is 0.431. The number of aliphatic hydroxyl groups is 6. The predicted octanol–water partition coefficient (Wildman–Crippen LogP) is -3.56. The lowest BCUT2D eigenvalue weighted by Crippen LogP contribution is -2.60. The molecule has 2 aliphatic heterocycles. The highest BCUT2D eigenvalue weighted by Gasteiger charge is 2.50. The average molecular weight is 464 g/mol. The van der Waals surface area contributed by atoms with Crippen LogP contribution in [0.3, 0.4) is 0 Å². The van der Waals surface area contributed by atoms with E-state index in [2.05, 4.69) is 0 Å². The van der Waals surface area contributed by atoms with E-state index in [0.29, 0.717) is 0 Å². The summed E-state index contributed by atoms with van der Waals surface area (Å²) in [5.41, 5.74) is -2.41. The van der Waals surface area contributed by atoms with Crippen molar-refractivity contribution in [2.24, 2.45) is 0 Å². The molecule has 0 spiro atoms. The van der Waals surface area contributed by atoms with Crippen LogP contribution in [-0.4, -0.2) is 120 Å². The monoisotopic (exact) mass is 464 g/mol. The summed E-state index contributed by atoms with van der Waals surface area (Å²) in [5, 5.41) is 88.2. The van der Waals surface area contributed by atoms with E-state index < -0.39 is 97.3 Å². The first kappa shape index (κ1) is 24.4. The smallest absolute Gasteiger partial charge is 0.335 e. The van der Waals surface area contributed by atoms with Crippen molar-refractivity contribution in [1.82, 2.24) is 0 Å². The van der Waals surface area contributed by atoms with Crippen LogP contribution in [0.5, 0.6) is 17.2 Å². The summed E-state index contributed by atoms with van der Waals surface area (Å²) in [6.45, 7) is -1.78. The summed E-state index contributed by atoms with van der Waals surface area (Å²) < 4.78 is 20.9. The summed E-state index contributed by atoms with van der Waals surface area (Å²) in [7, 11) is 0. The zero-order valence-electron chi connectivity index (χ0n) is 16.4. The number of aliphatic hydroxyl groups excluding tert-OH is 5. The van der Waals surface area contributed by atoms with Gasteiger partial charge in [-0.2, -0.15) is 0 Å². The van der Waals surface area contributed by atoms with E-state index >= 15 is 0 Å². The summed E-state index contributed by atoms with van der Waals surface area (Å²) in [4.78, 5) is 11.1. The fourth-order valence-electron chi connectivity index (χ4n) is 3.21. The maximum absolute atomic E-state index is 11.1. The maximum Gasteiger partial charge on any atom is 0.335 e. The normalized spacial score (nSPS) is 37.4. The summed E-state index contributed by atoms with van der Waals surface area (Å²) in [5.74, 6) is -3.72. The number of benzene rings is 1. The van der Waals surface area contributed by atoms with Crippen molar-refractivity contribution in [2.75, 3.05) is 19.8 Å². The SMILES string of the molecule is O=C(O)c1cc(O)c(O)c(O[C@H]2O[C@H](CO[C@H]3OC[C@](O)(CO)[C@H]3O)[C@@H](O)[C@H](O)[C@H]2O)c1. The van der Waals surface area contributed by atoms with E-state index in [1.54, 1.807) is 0 Å². The van der Waals surface area contributed by atoms with E-state index in [4.69, 9.17) is 29.2 Å². The standard InChI is InChI=1S/C18H24O14/c19-4-18(28)5-30-17(14(18)25)29-3-9-11(22)12(23)13(24)16(32-9)31-8-2-6(15(26)27)1-7(20)10(8)21/h1-2,9,11-14,16-17,19-25,28H,3-5H2,(H,26,27)/t9-,11-,12+,13-,14+,16+,17+,18-/m1/s1. The fraction of sp³-hybridized carbons (Fsp3) is 0.611. The first-order chi connectivity index (χ1) is 15.0. The molecule has 1 aromatic rings. The molecule has 0 radical (unpaired) electrons. The Morgan fingerprint density at radius 2 is 1.78 bits per heavy atom. The van der Waals surface area contributed by atoms with Crippen molar-refractivity contribution in [2.45, 2.75) is 48.7 Å². The number of aromatic hydroxyl groups is 2. The van der Waals surface area contributed by atoms with Crippen molar-refractivity contribution in [3.63, 3.8) is 0 Å². The Hall–Kier alpha value is -2.27. The minimum Gasteiger partial charge on any atom is -0.504 e. The molecular formula is C18H24O14. The molecule has 0 unspecified atom stereocenters. The third-order valence-corrected chi connectivity index (χ3v) is 5.22. The lowest BCUT2D eigenvalue weighted by Gasteiger charge is -2.40. The predicted molar refractivity (Wildman–Crippen MR) is 97.8 cm³/mol. The van der Waals surface area contributed by atoms with Crippen LogP contribution in [0.4, 0.5) is 0 Å². The van der Waals surface area contributed by atoms with Crippen LogP contribution in [0.15, 0.2) is 12.1 Å². The van der Waals surface area contributed by atoms with Gasteiger partial charge in [-0.05, 0) is 12.1 Å². The van der Waals surface area contributed by atoms with Crippen LogP contribution in [0.25, 0.3) is 0 Å². The van der Waals surface area contributed by atoms with Gasteiger partial charge in [0.15, 0.2) is 17.8 Å². The molecule has 2 aliphatic rings. The molecule has 0 saturated carbocycles. The molecule has 1 aromatic carbocycles. The molecule has 0 bridgehead atoms. The molecule has 2 saturated heterocycles. The summed E-state index contributed by atoms with van der Waals surface area (Å²) >= 11 is 0. The molecule has 3 rings (SSSR count). The van der Waals surface area contributed by atoms with Crippen LogP contribution >= 0.6 is 0 Å². The zero-order valence-corrected chi connectivity index (χ0v) is 16.4. The fourth-order valence-corrected chi connectivity index (χ4v) is 3.21. The number of rotatable bonds is 7. The van der Waals surface area contributed by atoms with Crippen molar-refractivity contribution >= 4 is 5.97 Å². The number of carboxylic acid groups (broad SMARTS) is 1. The highest BCUT2D eigenvalue weighted by Crippen LogP contribution is 2.38. The topological polar surface area (TPSA) is 236 Å². The number of carboxylic acids is 1. The molecule has 0 aliphatic carbocycles. The van der Waals surface area contributed by atoms with Gasteiger partial charge in [-0.25, -0.2) is 4.79 Å². The second-order valence-electron chi connectivity index (χ2n) is 7.50. The minimum atomic E-state index is -1.95. The molecule has 8 atom stereocenters. The van der Waals surface area contributed by atoms with E-state index in [-0.39, 0.29) is 0 Å². The number of hydrogen-bond acceptors (Lipinski definition) is 13. The number of carbonyl (C=O) groups is 1. The summed E-state index contributed by atoms with van der Waals surface area (Å²) in [6.07, 6.45) is -11.6. The van der Waals surface area contributed by atoms with Gasteiger partial charge < -0.3 is 64.9 Å². The third kappa shape index (κ3) is 4.59. The van der Waals surface area contributed by atoms with Gasteiger partial charge in [0.05, 0.1) is 25.4 Å². The van der Waals surface area contributed by atoms with E-state index in [1.807, 2.05) is 0 Å². The molecule has 0 aromatic heterocycles. The Kier molecular flexibility index (Phi) is 7.09. The summed E-state index contributed by atoms with van der Waals surface area (Å²) in [6, 6.07) is 1.60. The van der Waals surface area contributed by atoms with Crippen LogP contribution < -0.4 is 4.74 Å². The van der Waals surface area contributed by atoms with E-state index in [0.717, 1.165) is 12.1 Å². The van der Waals surface area contributed by atoms with Gasteiger partial charge in [0.1, 0.15) is 36.1 Å². The van der Waals surface area contributed by atoms with Gasteiger partial charge in [-0.15, -0.1) is 0 Å². The van der Waals surface area contributed by atoms with Crippen molar-refractivity contribution in [1.29, 1.82) is 0 Å². The van der Waals surface area contributed by atoms with Gasteiger partial charge in [-0.3, -0.25) is 0 Å². The number of hydrogen-bond donors (Lipinski definition) is 9. The van der Waals surface area contributed by atoms with Crippen molar-refractivity contribution in [3.05, 3.63) is 17.7 Å². The average Bonchev–Trinajstić information content (AvgIpc) is 3.05. The second-order valence-corrected chi connectivity index (χ2v) is 7.50. The Balaban J connectivity index is 1.72. The van der Waals surface area contributed by atoms with Gasteiger partial charge in [-0.1, -0.05) is 0 Å². The number of phenols is 2. The van der Waals surface area contributed by atoms with Crippen LogP contribution in [0.2, 0.25) is 0 Å². The molecule has 9 N–H and O–H groups in total. The van der Waals surface area contributed by atoms with Gasteiger partial charge >= 0.3 is 5.97 Å². The highest BCUT2D eigenvalue weighted by atomic mass is 16.7. The molecular weight excluding hydrogens is 440 g/mol. The van der Waals surface area contributed by atoms with E-state index in [1.165, 1.54) is 0 Å². The van der Waals surface area contributed by atoms with E-state index in [9.17, 15) is 40.5 Å². The molecule has 2 heterocycles. The van der Waals surface area contributed by atoms with Crippen LogP contribution in [0.1, 0.15) is 10.4 Å². The maximum atomic E-state index is 11.1. The van der Waals surface area contributed by atoms with Crippen LogP contribution in [-0.2, 0) is 14.2 Å². The highest BCUT2D eigenvalue weighted by molar-refractivity contribution is 5.89. The molecule has 14 nitrogen and oxygen atoms in total. The third-order valence-electron chi connectivity index (χ3n) is 5.22. The second kappa shape index (κ2) is 9.30. The van der Waals surface area contributed by atoms with Crippen molar-refractivity contribution < 1.29 is 69.7 Å². The Morgan fingerprint density at radius 3 is 2.38 bits per heavy atom. The van der Waals surface area contributed by atoms with Gasteiger partial charge in [0.25, 0.3) is 0 Å². The molecule has 180 valence electrons. The first-order valence-corrected chi connectivity index (χ1v) is 9.38. The largest absolute Gasteiger partial charge is 0.504 e. The van der Waals surface area contributed by atoms with Gasteiger partial charge in [0.2, 0.25) is 12.0 Å². The van der Waals surface area contributed by atoms with Crippen molar-refractivity contribution in [3.8, 4) is 17.2 Å².